The number of Topliss-reactive ketones (excluding diaryl/α,β-unsaturated/α-hetero) is 1. The van der Waals surface area contributed by atoms with Crippen molar-refractivity contribution in [3.63, 3.8) is 0 Å². The van der Waals surface area contributed by atoms with E-state index in [1.165, 1.54) is 0 Å². The second-order valence-corrected chi connectivity index (χ2v) is 8.01. The average molecular weight is 315 g/mol. The van der Waals surface area contributed by atoms with Gasteiger partial charge in [-0.1, -0.05) is 0 Å². The summed E-state index contributed by atoms with van der Waals surface area (Å²) in [6.07, 6.45) is 1.83. The van der Waals surface area contributed by atoms with Gasteiger partial charge in [0.15, 0.2) is 0 Å². The van der Waals surface area contributed by atoms with Gasteiger partial charge in [0.2, 0.25) is 0 Å². The molecule has 7 nitrogen and oxygen atoms in total. The summed E-state index contributed by atoms with van der Waals surface area (Å²) in [6.45, 7) is 5.49. The smallest absolute Gasteiger partial charge is 0.441 e. The van der Waals surface area contributed by atoms with Gasteiger partial charge >= 0.3 is 11.7 Å². The maximum absolute atomic E-state index is 12.1. The summed E-state index contributed by atoms with van der Waals surface area (Å²) in [5.74, 6) is -1.36. The Morgan fingerprint density at radius 2 is 2.05 bits per heavy atom. The van der Waals surface area contributed by atoms with Crippen molar-refractivity contribution in [2.75, 3.05) is 7.11 Å². The minimum Gasteiger partial charge on any atom is -0.598 e. The zero-order chi connectivity index (χ0) is 16.2. The van der Waals surface area contributed by atoms with Crippen LogP contribution in [0.5, 0.6) is 0 Å². The van der Waals surface area contributed by atoms with E-state index in [4.69, 9.17) is 5.53 Å². The van der Waals surface area contributed by atoms with Crippen LogP contribution in [0.15, 0.2) is 0 Å². The standard InChI is InChI=1S/C13H21N3O4S/c1-13(2,3)21(19)16-9(8-5-6-8)7-10(17)11(15-14)12(18)20-4/h8-9,16H,5-7H2,1-4H3/t9-,21?/m0/s1. The molecule has 1 fully saturated rings. The number of rotatable bonds is 7. The number of methoxy groups -OCH3 is 1. The summed E-state index contributed by atoms with van der Waals surface area (Å²) in [7, 11) is 1.10. The van der Waals surface area contributed by atoms with Crippen LogP contribution in [0.25, 0.3) is 5.53 Å². The molecule has 0 aromatic heterocycles. The van der Waals surface area contributed by atoms with Gasteiger partial charge in [-0.2, -0.15) is 4.79 Å². The third-order valence-electron chi connectivity index (χ3n) is 3.15. The first-order chi connectivity index (χ1) is 9.70. The molecule has 0 aliphatic heterocycles. The van der Waals surface area contributed by atoms with Gasteiger partial charge in [0.1, 0.15) is 4.75 Å². The van der Waals surface area contributed by atoms with E-state index in [9.17, 15) is 14.1 Å². The zero-order valence-electron chi connectivity index (χ0n) is 12.7. The van der Waals surface area contributed by atoms with E-state index in [1.807, 2.05) is 20.8 Å². The fraction of sp³-hybridized carbons (Fsp3) is 0.769. The average Bonchev–Trinajstić information content (AvgIpc) is 3.21. The summed E-state index contributed by atoms with van der Waals surface area (Å²) in [4.78, 5) is 26.0. The van der Waals surface area contributed by atoms with Crippen LogP contribution in [0, 0.1) is 5.92 Å². The van der Waals surface area contributed by atoms with Gasteiger partial charge in [-0.3, -0.25) is 4.79 Å². The first-order valence-corrected chi connectivity index (χ1v) is 7.87. The first-order valence-electron chi connectivity index (χ1n) is 6.72. The minimum atomic E-state index is -1.31. The van der Waals surface area contributed by atoms with Gasteiger partial charge in [0, 0.05) is 17.8 Å². The van der Waals surface area contributed by atoms with Crippen molar-refractivity contribution in [3.05, 3.63) is 5.53 Å². The molecule has 0 radical (unpaired) electrons. The molecule has 118 valence electrons. The molecule has 1 N–H and O–H groups in total. The van der Waals surface area contributed by atoms with Crippen molar-refractivity contribution in [3.8, 4) is 0 Å². The predicted octanol–water partition coefficient (Wildman–Crippen LogP) is 0.620. The molecule has 2 atom stereocenters. The zero-order valence-corrected chi connectivity index (χ0v) is 13.5. The van der Waals surface area contributed by atoms with Crippen molar-refractivity contribution in [1.29, 1.82) is 0 Å². The number of esters is 1. The number of hydrogen-bond donors (Lipinski definition) is 1. The molecular weight excluding hydrogens is 294 g/mol. The lowest BCUT2D eigenvalue weighted by Crippen LogP contribution is -2.47. The van der Waals surface area contributed by atoms with Crippen LogP contribution in [-0.2, 0) is 25.7 Å². The maximum Gasteiger partial charge on any atom is 0.441 e. The highest BCUT2D eigenvalue weighted by atomic mass is 32.2. The topological polar surface area (TPSA) is 115 Å². The quantitative estimate of drug-likeness (QED) is 0.185. The minimum absolute atomic E-state index is 0.0546. The van der Waals surface area contributed by atoms with Gasteiger partial charge in [-0.25, -0.2) is 4.79 Å². The highest BCUT2D eigenvalue weighted by molar-refractivity contribution is 7.90. The lowest BCUT2D eigenvalue weighted by Gasteiger charge is -2.27. The van der Waals surface area contributed by atoms with Crippen molar-refractivity contribution >= 4 is 28.8 Å². The van der Waals surface area contributed by atoms with Crippen LogP contribution in [0.1, 0.15) is 40.0 Å². The first kappa shape index (κ1) is 17.8. The van der Waals surface area contributed by atoms with Gasteiger partial charge in [0.05, 0.1) is 13.2 Å². The Balaban J connectivity index is 2.73. The molecule has 1 aliphatic rings. The Morgan fingerprint density at radius 1 is 1.48 bits per heavy atom. The van der Waals surface area contributed by atoms with Gasteiger partial charge < -0.3 is 14.8 Å². The molecule has 0 aromatic rings. The van der Waals surface area contributed by atoms with Crippen LogP contribution in [0.3, 0.4) is 0 Å². The molecule has 0 aromatic carbocycles. The number of nitrogens with zero attached hydrogens (tertiary/aromatic N) is 2. The summed E-state index contributed by atoms with van der Waals surface area (Å²) in [5, 5.41) is 0. The Labute approximate surface area is 127 Å². The molecule has 0 heterocycles. The van der Waals surface area contributed by atoms with Crippen LogP contribution < -0.4 is 4.72 Å². The fourth-order valence-electron chi connectivity index (χ4n) is 1.72. The molecule has 1 rings (SSSR count). The Bertz CT molecular complexity index is 465. The predicted molar refractivity (Wildman–Crippen MR) is 77.8 cm³/mol. The Morgan fingerprint density at radius 3 is 2.43 bits per heavy atom. The van der Waals surface area contributed by atoms with E-state index in [0.29, 0.717) is 0 Å². The highest BCUT2D eigenvalue weighted by Gasteiger charge is 2.41. The van der Waals surface area contributed by atoms with E-state index in [-0.39, 0.29) is 18.4 Å². The highest BCUT2D eigenvalue weighted by Crippen LogP contribution is 2.35. The summed E-state index contributed by atoms with van der Waals surface area (Å²) < 4.78 is 19.0. The van der Waals surface area contributed by atoms with E-state index in [1.54, 1.807) is 0 Å². The molecule has 1 aliphatic carbocycles. The van der Waals surface area contributed by atoms with Gasteiger partial charge in [-0.15, -0.1) is 4.72 Å². The van der Waals surface area contributed by atoms with Crippen molar-refractivity contribution in [2.45, 2.75) is 50.8 Å². The van der Waals surface area contributed by atoms with Gasteiger partial charge in [-0.05, 0) is 39.5 Å². The summed E-state index contributed by atoms with van der Waals surface area (Å²) >= 11 is -1.31. The van der Waals surface area contributed by atoms with E-state index in [2.05, 4.69) is 14.2 Å². The Hall–Kier alpha value is -1.21. The van der Waals surface area contributed by atoms with Crippen LogP contribution >= 0.6 is 0 Å². The van der Waals surface area contributed by atoms with Crippen LogP contribution in [0.4, 0.5) is 0 Å². The number of ether oxygens (including phenoxy) is 1. The molecule has 0 saturated heterocycles. The number of carbonyl (C=O) groups excluding carboxylic acids is 2. The van der Waals surface area contributed by atoms with E-state index in [0.717, 1.165) is 20.0 Å². The van der Waals surface area contributed by atoms with Gasteiger partial charge in [0.25, 0.3) is 5.78 Å². The van der Waals surface area contributed by atoms with Crippen LogP contribution in [-0.4, -0.2) is 44.7 Å². The second-order valence-electron chi connectivity index (χ2n) is 6.01. The monoisotopic (exact) mass is 315 g/mol. The molecule has 1 saturated carbocycles. The number of ketones is 1. The molecule has 8 heteroatoms. The summed E-state index contributed by atoms with van der Waals surface area (Å²) in [5.41, 5.74) is 8.13. The van der Waals surface area contributed by atoms with Crippen molar-refractivity contribution < 1.29 is 23.7 Å². The fourth-order valence-corrected chi connectivity index (χ4v) is 2.63. The van der Waals surface area contributed by atoms with Crippen molar-refractivity contribution in [1.82, 2.24) is 4.72 Å². The molecule has 0 spiro atoms. The van der Waals surface area contributed by atoms with Crippen LogP contribution in [0.2, 0.25) is 0 Å². The molecule has 0 bridgehead atoms. The van der Waals surface area contributed by atoms with E-state index >= 15 is 0 Å². The number of carbonyl (C=O) groups is 2. The largest absolute Gasteiger partial charge is 0.598 e. The number of hydrogen-bond acceptors (Lipinski definition) is 5. The van der Waals surface area contributed by atoms with Crippen molar-refractivity contribution in [2.24, 2.45) is 5.92 Å². The third kappa shape index (κ3) is 5.24. The third-order valence-corrected chi connectivity index (χ3v) is 4.78. The maximum atomic E-state index is 12.1. The number of nitrogens with one attached hydrogen (secondary N) is 1. The lowest BCUT2D eigenvalue weighted by molar-refractivity contribution is -0.139. The Kier molecular flexibility index (Phi) is 6.10. The summed E-state index contributed by atoms with van der Waals surface area (Å²) in [6, 6.07) is -0.307. The molecule has 0 amide bonds. The molecular formula is C13H21N3O4S. The SMILES string of the molecule is COC(=O)C(=[N+]=[N-])C(=O)C[C@H](N[S+]([O-])C(C)(C)C)C1CC1. The van der Waals surface area contributed by atoms with E-state index < -0.39 is 33.6 Å². The normalized spacial score (nSPS) is 17.6. The molecule has 21 heavy (non-hydrogen) atoms. The molecule has 1 unspecified atom stereocenters. The lowest BCUT2D eigenvalue weighted by atomic mass is 10.0. The second kappa shape index (κ2) is 7.17.